The van der Waals surface area contributed by atoms with E-state index < -0.39 is 0 Å². The highest BCUT2D eigenvalue weighted by atomic mass is 35.5. The zero-order valence-electron chi connectivity index (χ0n) is 10.4. The van der Waals surface area contributed by atoms with Gasteiger partial charge in [0.2, 0.25) is 0 Å². The summed E-state index contributed by atoms with van der Waals surface area (Å²) in [6.45, 7) is 3.94. The van der Waals surface area contributed by atoms with Gasteiger partial charge >= 0.3 is 0 Å². The fraction of sp³-hybridized carbons (Fsp3) is 0.231. The van der Waals surface area contributed by atoms with E-state index in [2.05, 4.69) is 9.97 Å². The minimum Gasteiger partial charge on any atom is -0.496 e. The summed E-state index contributed by atoms with van der Waals surface area (Å²) in [6, 6.07) is 5.50. The smallest absolute Gasteiger partial charge is 0.286 e. The second-order valence-corrected chi connectivity index (χ2v) is 4.48. The molecule has 2 aromatic rings. The van der Waals surface area contributed by atoms with Crippen LogP contribution in [0.4, 0.5) is 0 Å². The Morgan fingerprint density at radius 1 is 1.39 bits per heavy atom. The number of halogens is 1. The summed E-state index contributed by atoms with van der Waals surface area (Å²) >= 11 is 5.72. The van der Waals surface area contributed by atoms with E-state index in [4.69, 9.17) is 16.3 Å². The molecule has 0 saturated carbocycles. The van der Waals surface area contributed by atoms with Gasteiger partial charge in [-0.05, 0) is 37.6 Å². The van der Waals surface area contributed by atoms with Crippen molar-refractivity contribution in [1.29, 1.82) is 0 Å². The Bertz CT molecular complexity index is 685. The van der Waals surface area contributed by atoms with Gasteiger partial charge in [0.1, 0.15) is 5.76 Å². The van der Waals surface area contributed by atoms with Gasteiger partial charge < -0.3 is 9.72 Å². The molecular weight excluding hydrogens is 252 g/mol. The Labute approximate surface area is 109 Å². The lowest BCUT2D eigenvalue weighted by Gasteiger charge is -2.09. The molecule has 2 rings (SSSR count). The lowest BCUT2D eigenvalue weighted by Crippen LogP contribution is -2.08. The number of ether oxygens (including phenoxy) is 1. The molecule has 1 aromatic carbocycles. The van der Waals surface area contributed by atoms with E-state index in [1.165, 1.54) is 0 Å². The summed E-state index contributed by atoms with van der Waals surface area (Å²) < 4.78 is 5.35. The molecular formula is C13H13ClN2O2. The van der Waals surface area contributed by atoms with Crippen LogP contribution in [0.1, 0.15) is 19.4 Å². The first kappa shape index (κ1) is 12.6. The van der Waals surface area contributed by atoms with E-state index in [-0.39, 0.29) is 10.7 Å². The third-order valence-electron chi connectivity index (χ3n) is 2.57. The highest BCUT2D eigenvalue weighted by Crippen LogP contribution is 2.22. The van der Waals surface area contributed by atoms with Crippen LogP contribution in [0.2, 0.25) is 5.15 Å². The average Bonchev–Trinajstić information content (AvgIpc) is 2.31. The Kier molecular flexibility index (Phi) is 3.39. The normalized spacial score (nSPS) is 10.4. The molecule has 0 atom stereocenters. The van der Waals surface area contributed by atoms with Crippen LogP contribution < -0.4 is 5.56 Å². The van der Waals surface area contributed by atoms with Crippen molar-refractivity contribution in [3.05, 3.63) is 44.8 Å². The van der Waals surface area contributed by atoms with Crippen molar-refractivity contribution in [3.8, 4) is 0 Å². The van der Waals surface area contributed by atoms with Crippen molar-refractivity contribution in [2.75, 3.05) is 7.11 Å². The molecule has 4 nitrogen and oxygen atoms in total. The summed E-state index contributed by atoms with van der Waals surface area (Å²) in [6.07, 6.45) is 0. The van der Waals surface area contributed by atoms with Crippen LogP contribution >= 0.6 is 11.6 Å². The van der Waals surface area contributed by atoms with Crippen LogP contribution in [0.25, 0.3) is 16.8 Å². The van der Waals surface area contributed by atoms with E-state index in [0.29, 0.717) is 11.0 Å². The molecule has 0 saturated heterocycles. The number of aromatic nitrogens is 2. The van der Waals surface area contributed by atoms with Gasteiger partial charge in [-0.15, -0.1) is 0 Å². The zero-order chi connectivity index (χ0) is 13.3. The molecule has 0 aliphatic heterocycles. The van der Waals surface area contributed by atoms with E-state index in [0.717, 1.165) is 16.9 Å². The number of benzene rings is 1. The summed E-state index contributed by atoms with van der Waals surface area (Å²) in [4.78, 5) is 18.1. The second kappa shape index (κ2) is 4.82. The number of hydrogen-bond donors (Lipinski definition) is 1. The fourth-order valence-electron chi connectivity index (χ4n) is 1.81. The lowest BCUT2D eigenvalue weighted by molar-refractivity contribution is 0.367. The van der Waals surface area contributed by atoms with Gasteiger partial charge in [-0.3, -0.25) is 4.79 Å². The molecule has 0 amide bonds. The Morgan fingerprint density at radius 2 is 2.11 bits per heavy atom. The van der Waals surface area contributed by atoms with Crippen LogP contribution in [-0.4, -0.2) is 17.1 Å². The Hall–Kier alpha value is -1.81. The first-order valence-corrected chi connectivity index (χ1v) is 5.82. The maximum absolute atomic E-state index is 11.3. The van der Waals surface area contributed by atoms with Gasteiger partial charge in [-0.25, -0.2) is 4.98 Å². The zero-order valence-corrected chi connectivity index (χ0v) is 11.1. The molecule has 0 spiro atoms. The molecule has 0 aliphatic carbocycles. The van der Waals surface area contributed by atoms with Gasteiger partial charge in [-0.1, -0.05) is 11.6 Å². The Morgan fingerprint density at radius 3 is 2.72 bits per heavy atom. The molecule has 94 valence electrons. The van der Waals surface area contributed by atoms with E-state index >= 15 is 0 Å². The van der Waals surface area contributed by atoms with Crippen molar-refractivity contribution in [1.82, 2.24) is 9.97 Å². The van der Waals surface area contributed by atoms with Gasteiger partial charge in [0, 0.05) is 5.56 Å². The summed E-state index contributed by atoms with van der Waals surface area (Å²) in [5, 5.41) is -0.0594. The van der Waals surface area contributed by atoms with Gasteiger partial charge in [0.25, 0.3) is 5.56 Å². The number of allylic oxidation sites excluding steroid dienone is 1. The summed E-state index contributed by atoms with van der Waals surface area (Å²) in [7, 11) is 1.62. The topological polar surface area (TPSA) is 55.0 Å². The molecule has 0 radical (unpaired) electrons. The van der Waals surface area contributed by atoms with Crippen LogP contribution in [-0.2, 0) is 4.74 Å². The Balaban J connectivity index is 2.68. The molecule has 0 unspecified atom stereocenters. The van der Waals surface area contributed by atoms with Crippen molar-refractivity contribution in [2.24, 2.45) is 0 Å². The first-order chi connectivity index (χ1) is 8.52. The second-order valence-electron chi connectivity index (χ2n) is 4.12. The number of aromatic amines is 1. The SMILES string of the molecule is COC(=C(C)C)c1ccc2[nH]c(=O)c(Cl)nc2c1. The minimum absolute atomic E-state index is 0.0594. The molecule has 0 bridgehead atoms. The summed E-state index contributed by atoms with van der Waals surface area (Å²) in [5.74, 6) is 0.793. The largest absolute Gasteiger partial charge is 0.496 e. The summed E-state index contributed by atoms with van der Waals surface area (Å²) in [5.41, 5.74) is 2.87. The number of hydrogen-bond acceptors (Lipinski definition) is 3. The van der Waals surface area contributed by atoms with E-state index in [9.17, 15) is 4.79 Å². The highest BCUT2D eigenvalue weighted by Gasteiger charge is 2.07. The molecule has 1 aromatic heterocycles. The van der Waals surface area contributed by atoms with Crippen molar-refractivity contribution in [2.45, 2.75) is 13.8 Å². The fourth-order valence-corrected chi connectivity index (χ4v) is 1.95. The number of fused-ring (bicyclic) bond motifs is 1. The standard InChI is InChI=1S/C13H13ClN2O2/c1-7(2)11(18-3)8-4-5-9-10(6-8)15-12(14)13(17)16-9/h4-6H,1-3H3,(H,16,17). The lowest BCUT2D eigenvalue weighted by atomic mass is 10.1. The molecule has 1 heterocycles. The van der Waals surface area contributed by atoms with Gasteiger partial charge in [0.05, 0.1) is 18.1 Å². The van der Waals surface area contributed by atoms with Crippen LogP contribution in [0.3, 0.4) is 0 Å². The first-order valence-electron chi connectivity index (χ1n) is 5.44. The monoisotopic (exact) mass is 264 g/mol. The molecule has 0 aliphatic rings. The average molecular weight is 265 g/mol. The van der Waals surface area contributed by atoms with Crippen molar-refractivity contribution < 1.29 is 4.74 Å². The number of nitrogens with one attached hydrogen (secondary N) is 1. The number of methoxy groups -OCH3 is 1. The number of rotatable bonds is 2. The molecule has 5 heteroatoms. The van der Waals surface area contributed by atoms with Gasteiger partial charge in [-0.2, -0.15) is 0 Å². The number of H-pyrrole nitrogens is 1. The van der Waals surface area contributed by atoms with Crippen molar-refractivity contribution >= 4 is 28.4 Å². The molecule has 18 heavy (non-hydrogen) atoms. The predicted molar refractivity (Wildman–Crippen MR) is 72.7 cm³/mol. The maximum Gasteiger partial charge on any atom is 0.286 e. The van der Waals surface area contributed by atoms with Crippen LogP contribution in [0.5, 0.6) is 0 Å². The molecule has 1 N–H and O–H groups in total. The maximum atomic E-state index is 11.3. The van der Waals surface area contributed by atoms with Crippen molar-refractivity contribution in [3.63, 3.8) is 0 Å². The third-order valence-corrected chi connectivity index (χ3v) is 2.83. The van der Waals surface area contributed by atoms with Crippen LogP contribution in [0.15, 0.2) is 28.6 Å². The van der Waals surface area contributed by atoms with E-state index in [1.807, 2.05) is 26.0 Å². The van der Waals surface area contributed by atoms with Crippen LogP contribution in [0, 0.1) is 0 Å². The molecule has 0 fully saturated rings. The minimum atomic E-state index is -0.383. The van der Waals surface area contributed by atoms with E-state index in [1.54, 1.807) is 13.2 Å². The van der Waals surface area contributed by atoms with Gasteiger partial charge in [0.15, 0.2) is 5.15 Å². The third kappa shape index (κ3) is 2.24. The predicted octanol–water partition coefficient (Wildman–Crippen LogP) is 2.97. The number of nitrogens with zero attached hydrogens (tertiary/aromatic N) is 1. The highest BCUT2D eigenvalue weighted by molar-refractivity contribution is 6.29. The quantitative estimate of drug-likeness (QED) is 0.849.